The third-order valence-corrected chi connectivity index (χ3v) is 5.77. The second-order valence-electron chi connectivity index (χ2n) is 7.44. The number of nitrogens with zero attached hydrogens (tertiary/aromatic N) is 5. The molecule has 2 fully saturated rings. The fourth-order valence-electron chi connectivity index (χ4n) is 3.89. The lowest BCUT2D eigenvalue weighted by Gasteiger charge is -2.35. The molecule has 4 rings (SSSR count). The van der Waals surface area contributed by atoms with Crippen LogP contribution in [0.4, 0.5) is 11.6 Å². The van der Waals surface area contributed by atoms with Crippen molar-refractivity contribution in [3.63, 3.8) is 0 Å². The third kappa shape index (κ3) is 4.55. The maximum absolute atomic E-state index is 12.5. The Morgan fingerprint density at radius 3 is 2.14 bits per heavy atom. The highest BCUT2D eigenvalue weighted by Crippen LogP contribution is 2.20. The average molecular weight is 400 g/mol. The molecule has 0 radical (unpaired) electrons. The Balaban J connectivity index is 1.26. The van der Waals surface area contributed by atoms with Crippen LogP contribution >= 0.6 is 11.6 Å². The van der Waals surface area contributed by atoms with E-state index < -0.39 is 0 Å². The van der Waals surface area contributed by atoms with E-state index in [2.05, 4.69) is 32.1 Å². The van der Waals surface area contributed by atoms with E-state index in [4.69, 9.17) is 11.6 Å². The highest BCUT2D eigenvalue weighted by Gasteiger charge is 2.22. The second-order valence-corrected chi connectivity index (χ2v) is 7.88. The molecular weight excluding hydrogens is 374 g/mol. The van der Waals surface area contributed by atoms with Crippen LogP contribution in [0.3, 0.4) is 0 Å². The van der Waals surface area contributed by atoms with Crippen LogP contribution in [0.5, 0.6) is 0 Å². The van der Waals surface area contributed by atoms with Crippen LogP contribution in [0, 0.1) is 0 Å². The summed E-state index contributed by atoms with van der Waals surface area (Å²) >= 11 is 6.02. The van der Waals surface area contributed by atoms with Crippen LogP contribution in [0.2, 0.25) is 5.02 Å². The first-order chi connectivity index (χ1) is 13.7. The normalized spacial score (nSPS) is 17.2. The molecule has 28 heavy (non-hydrogen) atoms. The minimum Gasteiger partial charge on any atom is -0.355 e. The zero-order chi connectivity index (χ0) is 19.3. The zero-order valence-corrected chi connectivity index (χ0v) is 16.8. The van der Waals surface area contributed by atoms with Crippen molar-refractivity contribution in [1.29, 1.82) is 0 Å². The van der Waals surface area contributed by atoms with Gasteiger partial charge in [-0.05, 0) is 49.1 Å². The highest BCUT2D eigenvalue weighted by atomic mass is 35.5. The van der Waals surface area contributed by atoms with Crippen LogP contribution in [-0.2, 0) is 11.2 Å². The lowest BCUT2D eigenvalue weighted by Crippen LogP contribution is -2.49. The van der Waals surface area contributed by atoms with Crippen LogP contribution in [-0.4, -0.2) is 60.3 Å². The lowest BCUT2D eigenvalue weighted by molar-refractivity contribution is -0.131. The van der Waals surface area contributed by atoms with Gasteiger partial charge in [0.2, 0.25) is 5.91 Å². The Kier molecular flexibility index (Phi) is 5.95. The molecule has 7 heteroatoms. The molecule has 148 valence electrons. The summed E-state index contributed by atoms with van der Waals surface area (Å²) in [5.41, 5.74) is 1.10. The number of aryl methyl sites for hydroxylation is 1. The molecule has 0 N–H and O–H groups in total. The van der Waals surface area contributed by atoms with Gasteiger partial charge < -0.3 is 14.7 Å². The molecule has 2 saturated heterocycles. The van der Waals surface area contributed by atoms with Crippen molar-refractivity contribution in [2.75, 3.05) is 49.1 Å². The van der Waals surface area contributed by atoms with Crippen molar-refractivity contribution in [2.45, 2.75) is 25.7 Å². The van der Waals surface area contributed by atoms with Gasteiger partial charge >= 0.3 is 0 Å². The first-order valence-corrected chi connectivity index (χ1v) is 10.4. The molecule has 2 aromatic rings. The van der Waals surface area contributed by atoms with Crippen LogP contribution in [0.1, 0.15) is 24.8 Å². The minimum absolute atomic E-state index is 0.204. The fourth-order valence-corrected chi connectivity index (χ4v) is 4.10. The van der Waals surface area contributed by atoms with Gasteiger partial charge in [-0.25, -0.2) is 0 Å². The SMILES string of the molecule is O=C(CCc1cccc(Cl)c1)N1CCN(c2ccc(N3CCCC3)nn2)CC1. The molecule has 6 nitrogen and oxygen atoms in total. The lowest BCUT2D eigenvalue weighted by atomic mass is 10.1. The van der Waals surface area contributed by atoms with E-state index in [1.54, 1.807) is 0 Å². The summed E-state index contributed by atoms with van der Waals surface area (Å²) < 4.78 is 0. The van der Waals surface area contributed by atoms with Crippen LogP contribution < -0.4 is 9.80 Å². The first-order valence-electron chi connectivity index (χ1n) is 10.0. The summed E-state index contributed by atoms with van der Waals surface area (Å²) in [6.45, 7) is 5.18. The Bertz CT molecular complexity index is 799. The van der Waals surface area contributed by atoms with Gasteiger partial charge in [-0.3, -0.25) is 4.79 Å². The number of benzene rings is 1. The maximum atomic E-state index is 12.5. The Labute approximate surface area is 171 Å². The molecule has 2 aliphatic rings. The van der Waals surface area contributed by atoms with Crippen LogP contribution in [0.25, 0.3) is 0 Å². The molecule has 0 saturated carbocycles. The molecule has 0 atom stereocenters. The van der Waals surface area contributed by atoms with Gasteiger partial charge in [-0.2, -0.15) is 0 Å². The van der Waals surface area contributed by atoms with E-state index in [1.807, 2.05) is 29.2 Å². The summed E-state index contributed by atoms with van der Waals surface area (Å²) in [5, 5.41) is 9.54. The van der Waals surface area contributed by atoms with Crippen molar-refractivity contribution in [1.82, 2.24) is 15.1 Å². The monoisotopic (exact) mass is 399 g/mol. The Hall–Kier alpha value is -2.34. The topological polar surface area (TPSA) is 52.6 Å². The summed E-state index contributed by atoms with van der Waals surface area (Å²) in [5.74, 6) is 2.07. The number of aromatic nitrogens is 2. The van der Waals surface area contributed by atoms with Crippen molar-refractivity contribution in [3.05, 3.63) is 47.0 Å². The van der Waals surface area contributed by atoms with Crippen molar-refractivity contribution < 1.29 is 4.79 Å². The van der Waals surface area contributed by atoms with E-state index in [-0.39, 0.29) is 5.91 Å². The Morgan fingerprint density at radius 2 is 1.54 bits per heavy atom. The van der Waals surface area contributed by atoms with Gasteiger partial charge in [0, 0.05) is 50.7 Å². The highest BCUT2D eigenvalue weighted by molar-refractivity contribution is 6.30. The van der Waals surface area contributed by atoms with Gasteiger partial charge in [0.15, 0.2) is 11.6 Å². The Morgan fingerprint density at radius 1 is 0.893 bits per heavy atom. The number of rotatable bonds is 5. The van der Waals surface area contributed by atoms with E-state index in [9.17, 15) is 4.79 Å². The van der Waals surface area contributed by atoms with Gasteiger partial charge in [0.05, 0.1) is 0 Å². The molecule has 0 aliphatic carbocycles. The summed E-state index contributed by atoms with van der Waals surface area (Å²) in [6, 6.07) is 11.8. The molecular formula is C21H26ClN5O. The number of halogens is 1. The molecule has 0 bridgehead atoms. The summed E-state index contributed by atoms with van der Waals surface area (Å²) in [6.07, 6.45) is 3.71. The second kappa shape index (κ2) is 8.78. The number of carbonyl (C=O) groups is 1. The van der Waals surface area contributed by atoms with E-state index >= 15 is 0 Å². The third-order valence-electron chi connectivity index (χ3n) is 5.54. The number of hydrogen-bond donors (Lipinski definition) is 0. The fraction of sp³-hybridized carbons (Fsp3) is 0.476. The zero-order valence-electron chi connectivity index (χ0n) is 16.1. The molecule has 2 aliphatic heterocycles. The maximum Gasteiger partial charge on any atom is 0.223 e. The number of carbonyl (C=O) groups excluding carboxylic acids is 1. The number of amides is 1. The van der Waals surface area contributed by atoms with Gasteiger partial charge in [0.1, 0.15) is 0 Å². The van der Waals surface area contributed by atoms with Crippen molar-refractivity contribution in [2.24, 2.45) is 0 Å². The molecule has 3 heterocycles. The predicted octanol–water partition coefficient (Wildman–Crippen LogP) is 3.01. The molecule has 1 aromatic heterocycles. The van der Waals surface area contributed by atoms with Gasteiger partial charge in [-0.1, -0.05) is 23.7 Å². The molecule has 0 spiro atoms. The average Bonchev–Trinajstić information content (AvgIpc) is 3.27. The standard InChI is InChI=1S/C21H26ClN5O/c22-18-5-3-4-17(16-18)6-9-21(28)27-14-12-26(13-15-27)20-8-7-19(23-24-20)25-10-1-2-11-25/h3-5,7-8,16H,1-2,6,9-15H2. The molecule has 0 unspecified atom stereocenters. The van der Waals surface area contributed by atoms with Gasteiger partial charge in [-0.15, -0.1) is 10.2 Å². The quantitative estimate of drug-likeness (QED) is 0.773. The largest absolute Gasteiger partial charge is 0.355 e. The predicted molar refractivity (Wildman–Crippen MR) is 112 cm³/mol. The van der Waals surface area contributed by atoms with Crippen molar-refractivity contribution in [3.8, 4) is 0 Å². The number of anilines is 2. The first kappa shape index (κ1) is 19.0. The minimum atomic E-state index is 0.204. The summed E-state index contributed by atoms with van der Waals surface area (Å²) in [7, 11) is 0. The van der Waals surface area contributed by atoms with E-state index in [0.717, 1.165) is 67.9 Å². The van der Waals surface area contributed by atoms with E-state index in [1.165, 1.54) is 12.8 Å². The summed E-state index contributed by atoms with van der Waals surface area (Å²) in [4.78, 5) is 19.0. The number of piperazine rings is 1. The van der Waals surface area contributed by atoms with Crippen molar-refractivity contribution >= 4 is 29.1 Å². The number of hydrogen-bond acceptors (Lipinski definition) is 5. The van der Waals surface area contributed by atoms with Gasteiger partial charge in [0.25, 0.3) is 0 Å². The molecule has 1 aromatic carbocycles. The van der Waals surface area contributed by atoms with E-state index in [0.29, 0.717) is 6.42 Å². The smallest absolute Gasteiger partial charge is 0.223 e. The molecule has 1 amide bonds. The van der Waals surface area contributed by atoms with Crippen LogP contribution in [0.15, 0.2) is 36.4 Å².